The Morgan fingerprint density at radius 2 is 1.57 bits per heavy atom. The van der Waals surface area contributed by atoms with E-state index in [0.29, 0.717) is 32.8 Å². The first-order valence-electron chi connectivity index (χ1n) is 12.3. The molecule has 0 saturated carbocycles. The topological polar surface area (TPSA) is 107 Å². The number of carbonyl (C=O) groups is 3. The Morgan fingerprint density at radius 3 is 2.35 bits per heavy atom. The van der Waals surface area contributed by atoms with Crippen LogP contribution in [0.3, 0.4) is 0 Å². The molecule has 3 aromatic carbocycles. The van der Waals surface area contributed by atoms with Gasteiger partial charge >= 0.3 is 0 Å². The molecule has 0 aliphatic heterocycles. The summed E-state index contributed by atoms with van der Waals surface area (Å²) in [5, 5.41) is 12.7. The molecule has 2 aromatic heterocycles. The maximum Gasteiger partial charge on any atom is 0.234 e. The minimum atomic E-state index is -0.361. The molecule has 0 bridgehead atoms. The highest BCUT2D eigenvalue weighted by molar-refractivity contribution is 7.99. The van der Waals surface area contributed by atoms with E-state index in [1.165, 1.54) is 11.8 Å². The van der Waals surface area contributed by atoms with Gasteiger partial charge in [-0.2, -0.15) is 0 Å². The first-order valence-corrected chi connectivity index (χ1v) is 13.7. The zero-order valence-electron chi connectivity index (χ0n) is 21.1. The number of rotatable bonds is 6. The molecule has 0 fully saturated rings. The molecule has 10 heteroatoms. The minimum absolute atomic E-state index is 0.0174. The lowest BCUT2D eigenvalue weighted by molar-refractivity contribution is -0.113. The fourth-order valence-corrected chi connectivity index (χ4v) is 5.59. The van der Waals surface area contributed by atoms with E-state index in [0.717, 1.165) is 16.8 Å². The molecule has 8 nitrogen and oxygen atoms in total. The third-order valence-electron chi connectivity index (χ3n) is 6.61. The Bertz CT molecular complexity index is 1820. The number of carbonyl (C=O) groups excluding carboxylic acids is 3. The number of nitrogens with one attached hydrogen (secondary N) is 1. The van der Waals surface area contributed by atoms with Crippen molar-refractivity contribution in [1.82, 2.24) is 19.7 Å². The Balaban J connectivity index is 1.29. The second kappa shape index (κ2) is 10.5. The standard InChI is InChI=1S/C30H20ClN5O3S/c1-17-22(31)9-5-11-24(17)36-29(18-12-14-32-15-13-18)34-35-30(36)40-16-25(37)33-23-10-4-8-21-26(23)28(39)20-7-3-2-6-19(20)27(21)38/h2-15H,16H2,1H3,(H,33,37). The molecule has 5 aromatic rings. The summed E-state index contributed by atoms with van der Waals surface area (Å²) < 4.78 is 1.86. The van der Waals surface area contributed by atoms with Gasteiger partial charge in [0.25, 0.3) is 0 Å². The summed E-state index contributed by atoms with van der Waals surface area (Å²) >= 11 is 7.62. The summed E-state index contributed by atoms with van der Waals surface area (Å²) in [5.41, 5.74) is 3.87. The number of aromatic nitrogens is 4. The molecule has 1 amide bonds. The zero-order valence-corrected chi connectivity index (χ0v) is 22.7. The van der Waals surface area contributed by atoms with Crippen LogP contribution in [0.25, 0.3) is 17.1 Å². The average molecular weight is 566 g/mol. The van der Waals surface area contributed by atoms with Gasteiger partial charge in [0.05, 0.1) is 22.7 Å². The van der Waals surface area contributed by atoms with E-state index in [9.17, 15) is 14.4 Å². The van der Waals surface area contributed by atoms with Crippen LogP contribution in [0.4, 0.5) is 5.69 Å². The Kier molecular flexibility index (Phi) is 6.75. The zero-order chi connectivity index (χ0) is 27.8. The van der Waals surface area contributed by atoms with Gasteiger partial charge in [-0.25, -0.2) is 0 Å². The summed E-state index contributed by atoms with van der Waals surface area (Å²) in [4.78, 5) is 43.6. The molecule has 1 aliphatic rings. The molecule has 196 valence electrons. The van der Waals surface area contributed by atoms with Gasteiger partial charge in [-0.3, -0.25) is 23.9 Å². The average Bonchev–Trinajstić information content (AvgIpc) is 3.40. The van der Waals surface area contributed by atoms with Crippen molar-refractivity contribution in [3.8, 4) is 17.1 Å². The SMILES string of the molecule is Cc1c(Cl)cccc1-n1c(SCC(=O)Nc2cccc3c2C(=O)c2ccccc2C3=O)nnc1-c1ccncc1. The maximum absolute atomic E-state index is 13.3. The van der Waals surface area contributed by atoms with Crippen LogP contribution >= 0.6 is 23.4 Å². The van der Waals surface area contributed by atoms with Crippen LogP contribution in [-0.4, -0.2) is 43.0 Å². The molecule has 40 heavy (non-hydrogen) atoms. The van der Waals surface area contributed by atoms with Crippen LogP contribution in [0, 0.1) is 6.92 Å². The van der Waals surface area contributed by atoms with Gasteiger partial charge in [-0.15, -0.1) is 10.2 Å². The van der Waals surface area contributed by atoms with Gasteiger partial charge in [0.15, 0.2) is 22.5 Å². The highest BCUT2D eigenvalue weighted by Gasteiger charge is 2.31. The van der Waals surface area contributed by atoms with E-state index in [2.05, 4.69) is 20.5 Å². The van der Waals surface area contributed by atoms with E-state index in [1.54, 1.807) is 54.9 Å². The van der Waals surface area contributed by atoms with Crippen LogP contribution in [0.1, 0.15) is 37.4 Å². The lowest BCUT2D eigenvalue weighted by atomic mass is 9.83. The van der Waals surface area contributed by atoms with Crippen LogP contribution in [0.2, 0.25) is 5.02 Å². The third-order valence-corrected chi connectivity index (χ3v) is 7.95. The van der Waals surface area contributed by atoms with Crippen LogP contribution < -0.4 is 5.32 Å². The molecule has 0 spiro atoms. The molecule has 0 radical (unpaired) electrons. The first-order chi connectivity index (χ1) is 19.4. The highest BCUT2D eigenvalue weighted by atomic mass is 35.5. The number of amides is 1. The molecular formula is C30H20ClN5O3S. The van der Waals surface area contributed by atoms with Crippen molar-refractivity contribution >= 4 is 46.5 Å². The number of thioether (sulfide) groups is 1. The molecule has 6 rings (SSSR count). The van der Waals surface area contributed by atoms with Crippen molar-refractivity contribution in [2.45, 2.75) is 12.1 Å². The summed E-state index contributed by atoms with van der Waals surface area (Å²) in [5.74, 6) is -0.344. The van der Waals surface area contributed by atoms with Crippen molar-refractivity contribution in [3.63, 3.8) is 0 Å². The van der Waals surface area contributed by atoms with Gasteiger partial charge < -0.3 is 5.32 Å². The number of hydrogen-bond donors (Lipinski definition) is 1. The van der Waals surface area contributed by atoms with Crippen molar-refractivity contribution in [1.29, 1.82) is 0 Å². The van der Waals surface area contributed by atoms with Crippen molar-refractivity contribution < 1.29 is 14.4 Å². The largest absolute Gasteiger partial charge is 0.325 e. The lowest BCUT2D eigenvalue weighted by Crippen LogP contribution is -2.24. The van der Waals surface area contributed by atoms with E-state index in [1.807, 2.05) is 41.8 Å². The second-order valence-electron chi connectivity index (χ2n) is 9.03. The monoisotopic (exact) mass is 565 g/mol. The quantitative estimate of drug-likeness (QED) is 0.254. The number of ketones is 2. The third kappa shape index (κ3) is 4.49. The minimum Gasteiger partial charge on any atom is -0.325 e. The molecule has 0 unspecified atom stereocenters. The molecule has 1 aliphatic carbocycles. The lowest BCUT2D eigenvalue weighted by Gasteiger charge is -2.20. The van der Waals surface area contributed by atoms with Crippen molar-refractivity contribution in [2.24, 2.45) is 0 Å². The molecule has 1 N–H and O–H groups in total. The molecule has 0 atom stereocenters. The number of pyridine rings is 1. The first kappa shape index (κ1) is 25.7. The van der Waals surface area contributed by atoms with Crippen LogP contribution in [-0.2, 0) is 4.79 Å². The predicted molar refractivity (Wildman–Crippen MR) is 153 cm³/mol. The number of benzene rings is 3. The number of anilines is 1. The molecule has 2 heterocycles. The van der Waals surface area contributed by atoms with E-state index >= 15 is 0 Å². The normalized spacial score (nSPS) is 12.2. The van der Waals surface area contributed by atoms with Gasteiger partial charge in [0.1, 0.15) is 0 Å². The van der Waals surface area contributed by atoms with Gasteiger partial charge in [0.2, 0.25) is 5.91 Å². The Morgan fingerprint density at radius 1 is 0.875 bits per heavy atom. The smallest absolute Gasteiger partial charge is 0.234 e. The summed E-state index contributed by atoms with van der Waals surface area (Å²) in [7, 11) is 0. The number of hydrogen-bond acceptors (Lipinski definition) is 7. The van der Waals surface area contributed by atoms with Gasteiger partial charge in [-0.05, 0) is 42.8 Å². The van der Waals surface area contributed by atoms with Crippen LogP contribution in [0.5, 0.6) is 0 Å². The van der Waals surface area contributed by atoms with Gasteiger partial charge in [0, 0.05) is 39.7 Å². The fraction of sp³-hybridized carbons (Fsp3) is 0.0667. The maximum atomic E-state index is 13.3. The second-order valence-corrected chi connectivity index (χ2v) is 10.4. The van der Waals surface area contributed by atoms with Crippen LogP contribution in [0.15, 0.2) is 90.3 Å². The Labute approximate surface area is 238 Å². The van der Waals surface area contributed by atoms with E-state index in [4.69, 9.17) is 11.6 Å². The fourth-order valence-electron chi connectivity index (χ4n) is 4.67. The summed E-state index contributed by atoms with van der Waals surface area (Å²) in [6.07, 6.45) is 3.34. The number of fused-ring (bicyclic) bond motifs is 2. The van der Waals surface area contributed by atoms with E-state index < -0.39 is 0 Å². The Hall–Kier alpha value is -4.60. The predicted octanol–water partition coefficient (Wildman–Crippen LogP) is 5.80. The highest BCUT2D eigenvalue weighted by Crippen LogP contribution is 2.34. The number of halogens is 1. The molecular weight excluding hydrogens is 546 g/mol. The summed E-state index contributed by atoms with van der Waals surface area (Å²) in [6.45, 7) is 1.91. The van der Waals surface area contributed by atoms with E-state index in [-0.39, 0.29) is 34.4 Å². The molecule has 0 saturated heterocycles. The van der Waals surface area contributed by atoms with Gasteiger partial charge in [-0.1, -0.05) is 65.8 Å². The van der Waals surface area contributed by atoms with Crippen molar-refractivity contribution in [3.05, 3.63) is 118 Å². The summed E-state index contributed by atoms with van der Waals surface area (Å²) in [6, 6.07) is 20.8. The number of nitrogens with zero attached hydrogens (tertiary/aromatic N) is 4. The van der Waals surface area contributed by atoms with Crippen molar-refractivity contribution in [2.75, 3.05) is 11.1 Å².